The first-order valence-corrected chi connectivity index (χ1v) is 12.4. The summed E-state index contributed by atoms with van der Waals surface area (Å²) in [4.78, 5) is 4.77. The van der Waals surface area contributed by atoms with Crippen LogP contribution in [0.25, 0.3) is 42.6 Å². The second kappa shape index (κ2) is 8.52. The van der Waals surface area contributed by atoms with E-state index in [9.17, 15) is 0 Å². The van der Waals surface area contributed by atoms with Crippen molar-refractivity contribution in [1.82, 2.24) is 4.98 Å². The van der Waals surface area contributed by atoms with E-state index in [4.69, 9.17) is 4.98 Å². The minimum absolute atomic E-state index is 0.596. The first-order chi connectivity index (χ1) is 15.6. The summed E-state index contributed by atoms with van der Waals surface area (Å²) in [6.07, 6.45) is 4.30. The molecule has 0 saturated carbocycles. The van der Waals surface area contributed by atoms with E-state index in [1.165, 1.54) is 53.6 Å². The molecular formula is C30H29NS. The normalized spacial score (nSPS) is 11.7. The van der Waals surface area contributed by atoms with Crippen LogP contribution < -0.4 is 0 Å². The number of fused-ring (bicyclic) bond motifs is 3. The molecule has 5 rings (SSSR count). The molecule has 0 amide bonds. The molecule has 0 aliphatic carbocycles. The predicted octanol–water partition coefficient (Wildman–Crippen LogP) is 9.30. The van der Waals surface area contributed by atoms with Crippen LogP contribution in [0.5, 0.6) is 0 Å². The number of thiophene rings is 1. The zero-order valence-electron chi connectivity index (χ0n) is 19.3. The van der Waals surface area contributed by atoms with Crippen LogP contribution in [0.3, 0.4) is 0 Å². The number of aryl methyl sites for hydroxylation is 2. The highest BCUT2D eigenvalue weighted by Gasteiger charge is 2.14. The van der Waals surface area contributed by atoms with Crippen molar-refractivity contribution in [3.05, 3.63) is 89.6 Å². The van der Waals surface area contributed by atoms with Crippen molar-refractivity contribution < 1.29 is 0 Å². The lowest BCUT2D eigenvalue weighted by Gasteiger charge is -2.13. The third kappa shape index (κ3) is 3.73. The molecule has 0 aliphatic heterocycles. The lowest BCUT2D eigenvalue weighted by Crippen LogP contribution is -1.96. The van der Waals surface area contributed by atoms with Gasteiger partial charge in [-0.25, -0.2) is 0 Å². The van der Waals surface area contributed by atoms with Crippen LogP contribution in [0, 0.1) is 13.8 Å². The largest absolute Gasteiger partial charge is 0.256 e. The molecule has 0 radical (unpaired) electrons. The summed E-state index contributed by atoms with van der Waals surface area (Å²) in [7, 11) is 0. The van der Waals surface area contributed by atoms with Crippen LogP contribution in [0.2, 0.25) is 0 Å². The molecule has 0 N–H and O–H groups in total. The Hall–Kier alpha value is -2.97. The zero-order valence-corrected chi connectivity index (χ0v) is 20.1. The zero-order chi connectivity index (χ0) is 22.2. The lowest BCUT2D eigenvalue weighted by molar-refractivity contribution is 0.641. The van der Waals surface area contributed by atoms with E-state index in [0.717, 1.165) is 18.5 Å². The van der Waals surface area contributed by atoms with E-state index in [-0.39, 0.29) is 0 Å². The maximum atomic E-state index is 4.77. The molecule has 0 saturated heterocycles. The summed E-state index contributed by atoms with van der Waals surface area (Å²) in [6.45, 7) is 8.88. The topological polar surface area (TPSA) is 12.9 Å². The summed E-state index contributed by atoms with van der Waals surface area (Å²) in [5.41, 5.74) is 8.91. The second-order valence-corrected chi connectivity index (χ2v) is 9.91. The minimum Gasteiger partial charge on any atom is -0.256 e. The van der Waals surface area contributed by atoms with Crippen LogP contribution in [-0.2, 0) is 0 Å². The van der Waals surface area contributed by atoms with Gasteiger partial charge in [-0.05, 0) is 67.5 Å². The number of rotatable bonds is 5. The Labute approximate surface area is 194 Å². The fourth-order valence-corrected chi connectivity index (χ4v) is 6.19. The molecule has 2 heteroatoms. The van der Waals surface area contributed by atoms with Gasteiger partial charge in [0, 0.05) is 31.9 Å². The van der Waals surface area contributed by atoms with Gasteiger partial charge in [0.05, 0.1) is 5.69 Å². The van der Waals surface area contributed by atoms with Gasteiger partial charge in [0.15, 0.2) is 0 Å². The standard InChI is InChI=1S/C30H29NS/c1-5-21(6-2)23-12-13-31-28(17-23)27-9-7-8-26-25-11-10-22(18-29(25)32-30(26)27)24-15-19(3)14-20(4)16-24/h7-18,21H,5-6H2,1-4H3. The van der Waals surface area contributed by atoms with E-state index in [1.54, 1.807) is 0 Å². The molecule has 0 bridgehead atoms. The Balaban J connectivity index is 1.66. The number of nitrogens with zero attached hydrogens (tertiary/aromatic N) is 1. The van der Waals surface area contributed by atoms with Gasteiger partial charge in [0.2, 0.25) is 0 Å². The molecule has 2 aromatic heterocycles. The van der Waals surface area contributed by atoms with E-state index in [0.29, 0.717) is 5.92 Å². The Kier molecular flexibility index (Phi) is 5.57. The third-order valence-corrected chi connectivity index (χ3v) is 7.77. The fourth-order valence-electron chi connectivity index (χ4n) is 4.93. The van der Waals surface area contributed by atoms with Crippen molar-refractivity contribution in [3.8, 4) is 22.4 Å². The molecule has 160 valence electrons. The average Bonchev–Trinajstić information content (AvgIpc) is 3.17. The van der Waals surface area contributed by atoms with Crippen LogP contribution in [0.1, 0.15) is 49.3 Å². The highest BCUT2D eigenvalue weighted by molar-refractivity contribution is 7.26. The Bertz CT molecular complexity index is 1400. The maximum Gasteiger partial charge on any atom is 0.0719 e. The van der Waals surface area contributed by atoms with E-state index in [2.05, 4.69) is 94.4 Å². The van der Waals surface area contributed by atoms with Crippen molar-refractivity contribution in [2.24, 2.45) is 0 Å². The van der Waals surface area contributed by atoms with Gasteiger partial charge in [-0.3, -0.25) is 4.98 Å². The Morgan fingerprint density at radius 1 is 0.781 bits per heavy atom. The number of aromatic nitrogens is 1. The quantitative estimate of drug-likeness (QED) is 0.268. The number of hydrogen-bond acceptors (Lipinski definition) is 2. The maximum absolute atomic E-state index is 4.77. The fraction of sp³-hybridized carbons (Fsp3) is 0.233. The summed E-state index contributed by atoms with van der Waals surface area (Å²) in [6, 6.07) is 24.8. The molecule has 5 aromatic rings. The molecule has 0 spiro atoms. The van der Waals surface area contributed by atoms with Crippen molar-refractivity contribution in [2.75, 3.05) is 0 Å². The van der Waals surface area contributed by atoms with Crippen molar-refractivity contribution in [2.45, 2.75) is 46.5 Å². The smallest absolute Gasteiger partial charge is 0.0719 e. The minimum atomic E-state index is 0.596. The van der Waals surface area contributed by atoms with E-state index in [1.807, 2.05) is 17.5 Å². The van der Waals surface area contributed by atoms with Gasteiger partial charge in [0.1, 0.15) is 0 Å². The van der Waals surface area contributed by atoms with Crippen LogP contribution in [0.4, 0.5) is 0 Å². The van der Waals surface area contributed by atoms with Gasteiger partial charge in [-0.1, -0.05) is 73.5 Å². The molecule has 0 aliphatic rings. The van der Waals surface area contributed by atoms with Gasteiger partial charge in [0.25, 0.3) is 0 Å². The Morgan fingerprint density at radius 3 is 2.31 bits per heavy atom. The summed E-state index contributed by atoms with van der Waals surface area (Å²) < 4.78 is 2.66. The van der Waals surface area contributed by atoms with E-state index < -0.39 is 0 Å². The van der Waals surface area contributed by atoms with Gasteiger partial charge in [-0.2, -0.15) is 0 Å². The Morgan fingerprint density at radius 2 is 1.56 bits per heavy atom. The molecule has 0 unspecified atom stereocenters. The summed E-state index contributed by atoms with van der Waals surface area (Å²) in [5.74, 6) is 0.596. The number of pyridine rings is 1. The molecule has 1 nitrogen and oxygen atoms in total. The monoisotopic (exact) mass is 435 g/mol. The van der Waals surface area contributed by atoms with Gasteiger partial charge in [-0.15, -0.1) is 11.3 Å². The van der Waals surface area contributed by atoms with Crippen molar-refractivity contribution in [3.63, 3.8) is 0 Å². The van der Waals surface area contributed by atoms with Gasteiger partial charge < -0.3 is 0 Å². The SMILES string of the molecule is CCC(CC)c1ccnc(-c2cccc3c2sc2cc(-c4cc(C)cc(C)c4)ccc23)c1. The first-order valence-electron chi connectivity index (χ1n) is 11.6. The van der Waals surface area contributed by atoms with Crippen molar-refractivity contribution in [1.29, 1.82) is 0 Å². The predicted molar refractivity (Wildman–Crippen MR) is 141 cm³/mol. The number of hydrogen-bond donors (Lipinski definition) is 0. The molecule has 0 atom stereocenters. The number of benzene rings is 3. The summed E-state index contributed by atoms with van der Waals surface area (Å²) >= 11 is 1.89. The molecule has 2 heterocycles. The summed E-state index contributed by atoms with van der Waals surface area (Å²) in [5, 5.41) is 2.65. The van der Waals surface area contributed by atoms with Crippen LogP contribution >= 0.6 is 11.3 Å². The average molecular weight is 436 g/mol. The molecular weight excluding hydrogens is 406 g/mol. The van der Waals surface area contributed by atoms with Crippen molar-refractivity contribution >= 4 is 31.5 Å². The van der Waals surface area contributed by atoms with Crippen LogP contribution in [0.15, 0.2) is 72.9 Å². The lowest BCUT2D eigenvalue weighted by atomic mass is 9.93. The first kappa shape index (κ1) is 20.9. The molecule has 32 heavy (non-hydrogen) atoms. The van der Waals surface area contributed by atoms with E-state index >= 15 is 0 Å². The third-order valence-electron chi connectivity index (χ3n) is 6.57. The van der Waals surface area contributed by atoms with Gasteiger partial charge >= 0.3 is 0 Å². The second-order valence-electron chi connectivity index (χ2n) is 8.86. The van der Waals surface area contributed by atoms with Crippen LogP contribution in [-0.4, -0.2) is 4.98 Å². The highest BCUT2D eigenvalue weighted by Crippen LogP contribution is 2.41. The molecule has 3 aromatic carbocycles. The highest BCUT2D eigenvalue weighted by atomic mass is 32.1. The molecule has 0 fully saturated rings.